The van der Waals surface area contributed by atoms with Crippen molar-refractivity contribution in [3.05, 3.63) is 0 Å². The Morgan fingerprint density at radius 3 is 2.40 bits per heavy atom. The van der Waals surface area contributed by atoms with Crippen LogP contribution in [0.1, 0.15) is 32.6 Å². The first-order valence-electron chi connectivity index (χ1n) is 6.64. The van der Waals surface area contributed by atoms with E-state index in [2.05, 4.69) is 10.6 Å². The van der Waals surface area contributed by atoms with Gasteiger partial charge in [-0.3, -0.25) is 14.4 Å². The Balaban J connectivity index is 3.98. The maximum absolute atomic E-state index is 11.6. The molecular formula is C12H24N4O4. The molecule has 0 aliphatic heterocycles. The Kier molecular flexibility index (Phi) is 9.31. The van der Waals surface area contributed by atoms with Crippen molar-refractivity contribution in [2.24, 2.45) is 11.5 Å². The standard InChI is InChI=1S/C12H24N4O4/c1-8(11(19)15-7-3-2-6-13)16-12(20)9(14)4-5-10(17)18/h8-9H,2-7,13-14H2,1H3,(H,15,19)(H,16,20)(H,17,18). The number of hydrogen-bond donors (Lipinski definition) is 5. The van der Waals surface area contributed by atoms with Gasteiger partial charge in [0.05, 0.1) is 6.04 Å². The van der Waals surface area contributed by atoms with E-state index in [4.69, 9.17) is 16.6 Å². The second-order valence-electron chi connectivity index (χ2n) is 4.56. The maximum Gasteiger partial charge on any atom is 0.303 e. The molecule has 7 N–H and O–H groups in total. The van der Waals surface area contributed by atoms with Gasteiger partial charge < -0.3 is 27.2 Å². The fraction of sp³-hybridized carbons (Fsp3) is 0.750. The van der Waals surface area contributed by atoms with Crippen LogP contribution in [0.25, 0.3) is 0 Å². The highest BCUT2D eigenvalue weighted by Gasteiger charge is 2.20. The molecular weight excluding hydrogens is 264 g/mol. The third-order valence-corrected chi connectivity index (χ3v) is 2.69. The zero-order chi connectivity index (χ0) is 15.5. The van der Waals surface area contributed by atoms with Crippen LogP contribution in [0, 0.1) is 0 Å². The molecule has 0 aromatic carbocycles. The second-order valence-corrected chi connectivity index (χ2v) is 4.56. The highest BCUT2D eigenvalue weighted by atomic mass is 16.4. The van der Waals surface area contributed by atoms with Crippen LogP contribution in [0.2, 0.25) is 0 Å². The Labute approximate surface area is 118 Å². The van der Waals surface area contributed by atoms with Gasteiger partial charge in [0.2, 0.25) is 11.8 Å². The maximum atomic E-state index is 11.6. The number of rotatable bonds is 10. The molecule has 8 nitrogen and oxygen atoms in total. The second kappa shape index (κ2) is 10.2. The number of carboxylic acids is 1. The lowest BCUT2D eigenvalue weighted by molar-refractivity contribution is -0.137. The van der Waals surface area contributed by atoms with Gasteiger partial charge in [0.15, 0.2) is 0 Å². The fourth-order valence-electron chi connectivity index (χ4n) is 1.43. The molecule has 20 heavy (non-hydrogen) atoms. The number of carbonyl (C=O) groups excluding carboxylic acids is 2. The number of hydrogen-bond acceptors (Lipinski definition) is 5. The van der Waals surface area contributed by atoms with Gasteiger partial charge in [-0.05, 0) is 32.7 Å². The lowest BCUT2D eigenvalue weighted by atomic mass is 10.1. The van der Waals surface area contributed by atoms with E-state index >= 15 is 0 Å². The minimum Gasteiger partial charge on any atom is -0.481 e. The first kappa shape index (κ1) is 18.3. The fourth-order valence-corrected chi connectivity index (χ4v) is 1.43. The van der Waals surface area contributed by atoms with Crippen LogP contribution in [0.15, 0.2) is 0 Å². The van der Waals surface area contributed by atoms with E-state index in [-0.39, 0.29) is 18.7 Å². The molecule has 0 radical (unpaired) electrons. The summed E-state index contributed by atoms with van der Waals surface area (Å²) in [6, 6.07) is -1.64. The van der Waals surface area contributed by atoms with Gasteiger partial charge in [0.25, 0.3) is 0 Å². The van der Waals surface area contributed by atoms with Crippen LogP contribution >= 0.6 is 0 Å². The summed E-state index contributed by atoms with van der Waals surface area (Å²) in [5.74, 6) is -1.85. The third kappa shape index (κ3) is 8.44. The topological polar surface area (TPSA) is 148 Å². The van der Waals surface area contributed by atoms with Crippen molar-refractivity contribution in [3.8, 4) is 0 Å². The largest absolute Gasteiger partial charge is 0.481 e. The smallest absolute Gasteiger partial charge is 0.303 e. The molecule has 2 atom stereocenters. The monoisotopic (exact) mass is 288 g/mol. The molecule has 0 rings (SSSR count). The minimum absolute atomic E-state index is 0.0337. The molecule has 0 fully saturated rings. The summed E-state index contributed by atoms with van der Waals surface area (Å²) in [5.41, 5.74) is 10.9. The Morgan fingerprint density at radius 2 is 1.85 bits per heavy atom. The zero-order valence-electron chi connectivity index (χ0n) is 11.7. The van der Waals surface area contributed by atoms with E-state index in [1.165, 1.54) is 0 Å². The number of nitrogens with two attached hydrogens (primary N) is 2. The molecule has 0 heterocycles. The van der Waals surface area contributed by atoms with E-state index in [0.717, 1.165) is 12.8 Å². The molecule has 0 aromatic heterocycles. The van der Waals surface area contributed by atoms with Gasteiger partial charge in [-0.1, -0.05) is 0 Å². The molecule has 116 valence electrons. The molecule has 0 bridgehead atoms. The zero-order valence-corrected chi connectivity index (χ0v) is 11.7. The lowest BCUT2D eigenvalue weighted by Gasteiger charge is -2.17. The van der Waals surface area contributed by atoms with Gasteiger partial charge in [-0.15, -0.1) is 0 Å². The summed E-state index contributed by atoms with van der Waals surface area (Å²) in [6.07, 6.45) is 1.45. The number of aliphatic carboxylic acids is 1. The quantitative estimate of drug-likeness (QED) is 0.310. The summed E-state index contributed by atoms with van der Waals surface area (Å²) in [4.78, 5) is 33.6. The Hall–Kier alpha value is -1.67. The van der Waals surface area contributed by atoms with E-state index in [9.17, 15) is 14.4 Å². The van der Waals surface area contributed by atoms with Gasteiger partial charge in [0, 0.05) is 13.0 Å². The minimum atomic E-state index is -1.01. The predicted octanol–water partition coefficient (Wildman–Crippen LogP) is -1.46. The van der Waals surface area contributed by atoms with E-state index in [0.29, 0.717) is 13.1 Å². The van der Waals surface area contributed by atoms with Gasteiger partial charge in [-0.25, -0.2) is 0 Å². The molecule has 0 aliphatic carbocycles. The van der Waals surface area contributed by atoms with Crippen molar-refractivity contribution in [1.29, 1.82) is 0 Å². The third-order valence-electron chi connectivity index (χ3n) is 2.69. The molecule has 2 amide bonds. The van der Waals surface area contributed by atoms with Crippen LogP contribution in [-0.2, 0) is 14.4 Å². The summed E-state index contributed by atoms with van der Waals surface area (Å²) in [5, 5.41) is 13.6. The molecule has 0 saturated heterocycles. The van der Waals surface area contributed by atoms with Crippen LogP contribution in [0.3, 0.4) is 0 Å². The molecule has 2 unspecified atom stereocenters. The molecule has 0 spiro atoms. The Morgan fingerprint density at radius 1 is 1.20 bits per heavy atom. The van der Waals surface area contributed by atoms with E-state index < -0.39 is 24.0 Å². The lowest BCUT2D eigenvalue weighted by Crippen LogP contribution is -2.50. The number of amides is 2. The summed E-state index contributed by atoms with van der Waals surface area (Å²) < 4.78 is 0. The average molecular weight is 288 g/mol. The van der Waals surface area contributed by atoms with Crippen LogP contribution in [0.4, 0.5) is 0 Å². The normalized spacial score (nSPS) is 13.3. The summed E-state index contributed by atoms with van der Waals surface area (Å²) in [6.45, 7) is 2.61. The summed E-state index contributed by atoms with van der Waals surface area (Å²) in [7, 11) is 0. The highest BCUT2D eigenvalue weighted by molar-refractivity contribution is 5.89. The first-order chi connectivity index (χ1) is 9.38. The van der Waals surface area contributed by atoms with Gasteiger partial charge >= 0.3 is 5.97 Å². The predicted molar refractivity (Wildman–Crippen MR) is 73.7 cm³/mol. The van der Waals surface area contributed by atoms with Crippen molar-refractivity contribution in [1.82, 2.24) is 10.6 Å². The molecule has 8 heteroatoms. The molecule has 0 aliphatic rings. The number of carboxylic acid groups (broad SMARTS) is 1. The van der Waals surface area contributed by atoms with E-state index in [1.54, 1.807) is 6.92 Å². The van der Waals surface area contributed by atoms with Crippen molar-refractivity contribution < 1.29 is 19.5 Å². The van der Waals surface area contributed by atoms with Crippen LogP contribution in [0.5, 0.6) is 0 Å². The van der Waals surface area contributed by atoms with Crippen molar-refractivity contribution in [3.63, 3.8) is 0 Å². The van der Waals surface area contributed by atoms with E-state index in [1.807, 2.05) is 0 Å². The summed E-state index contributed by atoms with van der Waals surface area (Å²) >= 11 is 0. The van der Waals surface area contributed by atoms with Gasteiger partial charge in [0.1, 0.15) is 6.04 Å². The SMILES string of the molecule is CC(NC(=O)C(N)CCC(=O)O)C(=O)NCCCCN. The number of nitrogens with one attached hydrogen (secondary N) is 2. The first-order valence-corrected chi connectivity index (χ1v) is 6.64. The molecule has 0 saturated carbocycles. The van der Waals surface area contributed by atoms with Crippen LogP contribution < -0.4 is 22.1 Å². The number of carbonyl (C=O) groups is 3. The average Bonchev–Trinajstić information content (AvgIpc) is 2.40. The highest BCUT2D eigenvalue weighted by Crippen LogP contribution is 1.96. The van der Waals surface area contributed by atoms with Crippen molar-refractivity contribution in [2.75, 3.05) is 13.1 Å². The van der Waals surface area contributed by atoms with Crippen LogP contribution in [-0.4, -0.2) is 48.1 Å². The molecule has 0 aromatic rings. The van der Waals surface area contributed by atoms with Crippen molar-refractivity contribution in [2.45, 2.75) is 44.7 Å². The van der Waals surface area contributed by atoms with Gasteiger partial charge in [-0.2, -0.15) is 0 Å². The number of unbranched alkanes of at least 4 members (excludes halogenated alkanes) is 1. The Bertz CT molecular complexity index is 335. The van der Waals surface area contributed by atoms with Crippen molar-refractivity contribution >= 4 is 17.8 Å².